The van der Waals surface area contributed by atoms with Crippen LogP contribution < -0.4 is 0 Å². The number of fused-ring (bicyclic) bond motifs is 6. The highest BCUT2D eigenvalue weighted by molar-refractivity contribution is 5.90. The highest BCUT2D eigenvalue weighted by Crippen LogP contribution is 2.68. The van der Waals surface area contributed by atoms with Crippen molar-refractivity contribution in [2.75, 3.05) is 6.61 Å². The summed E-state index contributed by atoms with van der Waals surface area (Å²) in [6.45, 7) is 5.43. The average molecular weight is 495 g/mol. The fourth-order valence-corrected chi connectivity index (χ4v) is 9.02. The van der Waals surface area contributed by atoms with Crippen molar-refractivity contribution in [1.29, 1.82) is 0 Å². The Morgan fingerprint density at radius 2 is 1.97 bits per heavy atom. The molecule has 0 aliphatic heterocycles. The number of hydrogen-bond donors (Lipinski definition) is 3. The van der Waals surface area contributed by atoms with Crippen molar-refractivity contribution in [1.82, 2.24) is 9.78 Å². The first kappa shape index (κ1) is 24.0. The smallest absolute Gasteiger partial charge is 0.190 e. The Hall–Kier alpha value is -2.35. The molecular formula is C29H35FN2O4. The van der Waals surface area contributed by atoms with E-state index in [-0.39, 0.29) is 34.9 Å². The van der Waals surface area contributed by atoms with Crippen LogP contribution in [-0.2, 0) is 11.2 Å². The van der Waals surface area contributed by atoms with Gasteiger partial charge in [-0.2, -0.15) is 5.10 Å². The van der Waals surface area contributed by atoms with Gasteiger partial charge >= 0.3 is 0 Å². The summed E-state index contributed by atoms with van der Waals surface area (Å²) < 4.78 is 15.3. The van der Waals surface area contributed by atoms with Gasteiger partial charge in [-0.25, -0.2) is 9.07 Å². The zero-order chi connectivity index (χ0) is 25.6. The van der Waals surface area contributed by atoms with Gasteiger partial charge in [-0.3, -0.25) is 4.79 Å². The number of benzene rings is 1. The Kier molecular flexibility index (Phi) is 5.22. The summed E-state index contributed by atoms with van der Waals surface area (Å²) in [4.78, 5) is 12.8. The van der Waals surface area contributed by atoms with Crippen molar-refractivity contribution in [3.63, 3.8) is 0 Å². The van der Waals surface area contributed by atoms with E-state index in [9.17, 15) is 24.5 Å². The van der Waals surface area contributed by atoms with E-state index in [1.54, 1.807) is 12.1 Å². The number of ketones is 1. The monoisotopic (exact) mass is 494 g/mol. The van der Waals surface area contributed by atoms with E-state index in [1.165, 1.54) is 17.7 Å². The number of aromatic nitrogens is 2. The van der Waals surface area contributed by atoms with Crippen molar-refractivity contribution < 1.29 is 24.5 Å². The Morgan fingerprint density at radius 1 is 1.25 bits per heavy atom. The first-order valence-corrected chi connectivity index (χ1v) is 13.1. The topological polar surface area (TPSA) is 95.6 Å². The molecule has 0 saturated heterocycles. The molecule has 36 heavy (non-hydrogen) atoms. The van der Waals surface area contributed by atoms with Crippen LogP contribution in [0.25, 0.3) is 11.8 Å². The van der Waals surface area contributed by atoms with Gasteiger partial charge in [0.2, 0.25) is 0 Å². The van der Waals surface area contributed by atoms with E-state index >= 15 is 0 Å². The van der Waals surface area contributed by atoms with Crippen LogP contribution in [0.3, 0.4) is 0 Å². The number of aliphatic hydroxyl groups excluding tert-OH is 2. The molecule has 0 amide bonds. The van der Waals surface area contributed by atoms with Crippen LogP contribution in [0.5, 0.6) is 0 Å². The quantitative estimate of drug-likeness (QED) is 0.605. The van der Waals surface area contributed by atoms with Gasteiger partial charge in [0.15, 0.2) is 5.78 Å². The maximum absolute atomic E-state index is 13.5. The van der Waals surface area contributed by atoms with Gasteiger partial charge in [0.1, 0.15) is 18.0 Å². The number of hydrogen-bond acceptors (Lipinski definition) is 5. The van der Waals surface area contributed by atoms with Crippen LogP contribution in [0, 0.1) is 40.3 Å². The van der Waals surface area contributed by atoms with Crippen LogP contribution in [0.1, 0.15) is 57.7 Å². The molecule has 2 aromatic rings. The number of halogens is 1. The minimum Gasteiger partial charge on any atom is -0.393 e. The van der Waals surface area contributed by atoms with Crippen LogP contribution in [-0.4, -0.2) is 49.2 Å². The molecule has 3 N–H and O–H groups in total. The lowest BCUT2D eigenvalue weighted by molar-refractivity contribution is -0.186. The third-order valence-corrected chi connectivity index (χ3v) is 10.6. The fourth-order valence-electron chi connectivity index (χ4n) is 9.02. The second kappa shape index (κ2) is 7.83. The number of Topliss-reactive ketones (excluding diaryl/α,β-unsaturated/α-hetero) is 1. The average Bonchev–Trinajstić information content (AvgIpc) is 3.33. The summed E-state index contributed by atoms with van der Waals surface area (Å²) in [6, 6.07) is 6.34. The van der Waals surface area contributed by atoms with E-state index in [1.807, 2.05) is 24.7 Å². The van der Waals surface area contributed by atoms with Crippen LogP contribution in [0.2, 0.25) is 0 Å². The molecule has 4 aliphatic rings. The summed E-state index contributed by atoms with van der Waals surface area (Å²) >= 11 is 0. The molecule has 3 saturated carbocycles. The van der Waals surface area contributed by atoms with Gasteiger partial charge in [-0.05, 0) is 97.1 Å². The molecule has 192 valence electrons. The van der Waals surface area contributed by atoms with Crippen LogP contribution in [0.15, 0.2) is 36.0 Å². The fraction of sp³-hybridized carbons (Fsp3) is 0.586. The van der Waals surface area contributed by atoms with E-state index < -0.39 is 29.5 Å². The maximum Gasteiger partial charge on any atom is 0.190 e. The third-order valence-electron chi connectivity index (χ3n) is 10.6. The Labute approximate surface area is 210 Å². The molecule has 1 aromatic carbocycles. The van der Waals surface area contributed by atoms with Gasteiger partial charge in [0.05, 0.1) is 23.7 Å². The van der Waals surface area contributed by atoms with Gasteiger partial charge in [0.25, 0.3) is 0 Å². The highest BCUT2D eigenvalue weighted by atomic mass is 19.1. The highest BCUT2D eigenvalue weighted by Gasteiger charge is 2.70. The number of allylic oxidation sites excluding steroid dienone is 1. The van der Waals surface area contributed by atoms with E-state index in [4.69, 9.17) is 0 Å². The number of carbonyl (C=O) groups is 1. The molecule has 0 spiro atoms. The molecule has 7 heteroatoms. The van der Waals surface area contributed by atoms with Crippen LogP contribution in [0.4, 0.5) is 4.39 Å². The minimum absolute atomic E-state index is 0.0108. The minimum atomic E-state index is -1.62. The number of carbonyl (C=O) groups excluding carboxylic acids is 1. The van der Waals surface area contributed by atoms with Crippen molar-refractivity contribution in [2.24, 2.45) is 34.5 Å². The molecule has 8 atom stereocenters. The maximum atomic E-state index is 13.5. The van der Waals surface area contributed by atoms with Crippen molar-refractivity contribution >= 4 is 11.9 Å². The largest absolute Gasteiger partial charge is 0.393 e. The molecule has 0 radical (unpaired) electrons. The predicted octanol–water partition coefficient (Wildman–Crippen LogP) is 3.70. The molecule has 6 nitrogen and oxygen atoms in total. The lowest BCUT2D eigenvalue weighted by atomic mass is 9.45. The third kappa shape index (κ3) is 2.93. The number of rotatable bonds is 3. The normalized spacial score (nSPS) is 41.1. The van der Waals surface area contributed by atoms with Crippen molar-refractivity contribution in [3.8, 4) is 5.69 Å². The zero-order valence-corrected chi connectivity index (χ0v) is 21.1. The molecule has 7 unspecified atom stereocenters. The summed E-state index contributed by atoms with van der Waals surface area (Å²) in [6.07, 6.45) is 7.02. The summed E-state index contributed by atoms with van der Waals surface area (Å²) in [7, 11) is 0. The standard InChI is InChI=1S/C29H35FN2O4/c1-16-10-22-21-9-4-18-11-23-17(14-31-32(23)20-7-5-19(30)6-8-20)12-27(18,2)26(21)24(34)13-28(22,3)29(16,36)25(35)15-33/h5-8,11,14,16,21-22,24,26,33-34,36H,4,9-10,12-13,15H2,1-3H3/t16?,21?,22?,24-,26?,27?,28?,29?/m1/s1. The van der Waals surface area contributed by atoms with Crippen molar-refractivity contribution in [2.45, 2.75) is 64.6 Å². The van der Waals surface area contributed by atoms with Gasteiger partial charge < -0.3 is 15.3 Å². The van der Waals surface area contributed by atoms with Gasteiger partial charge in [-0.15, -0.1) is 0 Å². The summed E-state index contributed by atoms with van der Waals surface area (Å²) in [5.74, 6) is -0.785. The molecule has 4 aliphatic carbocycles. The summed E-state index contributed by atoms with van der Waals surface area (Å²) in [5, 5.41) is 37.6. The SMILES string of the molecule is CC1CC2C3CCC4=Cc5c(cnn5-c5ccc(F)cc5)CC4(C)C3[C@H](O)CC2(C)C1(O)C(=O)CO. The molecular weight excluding hydrogens is 459 g/mol. The van der Waals surface area contributed by atoms with E-state index in [2.05, 4.69) is 18.1 Å². The van der Waals surface area contributed by atoms with Crippen molar-refractivity contribution in [3.05, 3.63) is 53.1 Å². The Bertz CT molecular complexity index is 1250. The first-order valence-electron chi connectivity index (χ1n) is 13.1. The zero-order valence-electron chi connectivity index (χ0n) is 21.1. The molecule has 1 heterocycles. The predicted molar refractivity (Wildman–Crippen MR) is 133 cm³/mol. The van der Waals surface area contributed by atoms with Crippen LogP contribution >= 0.6 is 0 Å². The Balaban J connectivity index is 1.38. The summed E-state index contributed by atoms with van der Waals surface area (Å²) in [5.41, 5.74) is 1.60. The molecule has 0 bridgehead atoms. The lowest BCUT2D eigenvalue weighted by Crippen LogP contribution is -2.63. The van der Waals surface area contributed by atoms with Gasteiger partial charge in [-0.1, -0.05) is 26.3 Å². The molecule has 1 aromatic heterocycles. The van der Waals surface area contributed by atoms with Gasteiger partial charge in [0, 0.05) is 5.41 Å². The number of aliphatic hydroxyl groups is 3. The molecule has 6 rings (SSSR count). The second-order valence-electron chi connectivity index (χ2n) is 12.2. The second-order valence-corrected chi connectivity index (χ2v) is 12.2. The Morgan fingerprint density at radius 3 is 2.67 bits per heavy atom. The van der Waals surface area contributed by atoms with E-state index in [0.717, 1.165) is 42.6 Å². The lowest BCUT2D eigenvalue weighted by Gasteiger charge is -2.60. The first-order chi connectivity index (χ1) is 17.0. The number of nitrogens with zero attached hydrogens (tertiary/aromatic N) is 2. The van der Waals surface area contributed by atoms with E-state index in [0.29, 0.717) is 6.42 Å². The molecule has 3 fully saturated rings.